The number of hydrogen-bond acceptors (Lipinski definition) is 9. The molecule has 0 bridgehead atoms. The highest BCUT2D eigenvalue weighted by atomic mass is 32.2. The number of sulfone groups is 1. The first kappa shape index (κ1) is 27.9. The molecule has 0 saturated carbocycles. The molecular formula is C30H34N2O7S. The van der Waals surface area contributed by atoms with E-state index >= 15 is 0 Å². The van der Waals surface area contributed by atoms with Crippen molar-refractivity contribution in [3.05, 3.63) is 64.5 Å². The Kier molecular flexibility index (Phi) is 8.25. The zero-order valence-electron chi connectivity index (χ0n) is 23.1. The first-order valence-corrected chi connectivity index (χ1v) is 15.5. The summed E-state index contributed by atoms with van der Waals surface area (Å²) < 4.78 is 45.2. The Morgan fingerprint density at radius 3 is 2.75 bits per heavy atom. The predicted octanol–water partition coefficient (Wildman–Crippen LogP) is 4.37. The van der Waals surface area contributed by atoms with Gasteiger partial charge in [-0.3, -0.25) is 4.79 Å². The third kappa shape index (κ3) is 6.55. The lowest BCUT2D eigenvalue weighted by Crippen LogP contribution is -2.10. The number of aryl methyl sites for hydroxylation is 3. The number of hydrogen-bond donors (Lipinski definition) is 0. The van der Waals surface area contributed by atoms with Crippen LogP contribution in [0.4, 0.5) is 0 Å². The molecule has 2 aromatic carbocycles. The van der Waals surface area contributed by atoms with Gasteiger partial charge in [0.05, 0.1) is 43.9 Å². The van der Waals surface area contributed by atoms with Crippen LogP contribution in [0.3, 0.4) is 0 Å². The number of ether oxygens (including phenoxy) is 4. The first-order chi connectivity index (χ1) is 19.2. The minimum atomic E-state index is -3.03. The minimum Gasteiger partial charge on any atom is -0.492 e. The second kappa shape index (κ2) is 11.8. The van der Waals surface area contributed by atoms with Crippen molar-refractivity contribution in [3.8, 4) is 28.6 Å². The maximum absolute atomic E-state index is 11.7. The van der Waals surface area contributed by atoms with Crippen molar-refractivity contribution >= 4 is 15.8 Å². The van der Waals surface area contributed by atoms with Gasteiger partial charge in [0.1, 0.15) is 27.9 Å². The molecule has 0 N–H and O–H groups in total. The van der Waals surface area contributed by atoms with Crippen molar-refractivity contribution in [2.45, 2.75) is 51.6 Å². The molecule has 2 aliphatic rings. The average Bonchev–Trinajstić information content (AvgIpc) is 3.21. The standard InChI is InChI=1S/C30H34N2O7S/c1-19-29-25-14-20(17-38-23-10-11-24-22(15-28(33)36-2)18-39-27(24)16-23)8-9-21(25)6-4-7-26(29)32-30(31-19)37-12-5-13-40(3,34)35/h8-11,14,16,22H,4-7,12-13,15,17-18H2,1-3H3/t22-/m1/s1. The van der Waals surface area contributed by atoms with Crippen LogP contribution in [0, 0.1) is 6.92 Å². The normalized spacial score (nSPS) is 15.7. The van der Waals surface area contributed by atoms with Gasteiger partial charge in [-0.15, -0.1) is 0 Å². The highest BCUT2D eigenvalue weighted by molar-refractivity contribution is 7.90. The van der Waals surface area contributed by atoms with Gasteiger partial charge in [-0.25, -0.2) is 8.42 Å². The molecule has 0 saturated heterocycles. The number of methoxy groups -OCH3 is 1. The zero-order valence-corrected chi connectivity index (χ0v) is 23.9. The number of esters is 1. The molecule has 9 nitrogen and oxygen atoms in total. The van der Waals surface area contributed by atoms with Crippen molar-refractivity contribution in [3.63, 3.8) is 0 Å². The third-order valence-electron chi connectivity index (χ3n) is 7.25. The Morgan fingerprint density at radius 2 is 1.95 bits per heavy atom. The number of benzene rings is 2. The summed E-state index contributed by atoms with van der Waals surface area (Å²) in [4.78, 5) is 21.0. The molecule has 40 heavy (non-hydrogen) atoms. The summed E-state index contributed by atoms with van der Waals surface area (Å²) in [6.07, 6.45) is 4.62. The van der Waals surface area contributed by atoms with Crippen molar-refractivity contribution in [1.29, 1.82) is 0 Å². The van der Waals surface area contributed by atoms with Gasteiger partial charge < -0.3 is 18.9 Å². The van der Waals surface area contributed by atoms with Crippen molar-refractivity contribution < 1.29 is 32.2 Å². The Hall–Kier alpha value is -3.66. The summed E-state index contributed by atoms with van der Waals surface area (Å²) in [5, 5.41) is 0. The number of rotatable bonds is 10. The summed E-state index contributed by atoms with van der Waals surface area (Å²) in [6, 6.07) is 12.4. The van der Waals surface area contributed by atoms with E-state index in [-0.39, 0.29) is 24.2 Å². The van der Waals surface area contributed by atoms with Crippen molar-refractivity contribution in [1.82, 2.24) is 9.97 Å². The monoisotopic (exact) mass is 566 g/mol. The van der Waals surface area contributed by atoms with E-state index in [9.17, 15) is 13.2 Å². The fraction of sp³-hybridized carbons (Fsp3) is 0.433. The number of carbonyl (C=O) groups is 1. The summed E-state index contributed by atoms with van der Waals surface area (Å²) in [5.74, 6) is 1.25. The third-order valence-corrected chi connectivity index (χ3v) is 8.28. The Balaban J connectivity index is 1.29. The van der Waals surface area contributed by atoms with Crippen molar-refractivity contribution in [2.75, 3.05) is 32.3 Å². The lowest BCUT2D eigenvalue weighted by atomic mass is 9.96. The number of aromatic nitrogens is 2. The second-order valence-corrected chi connectivity index (χ2v) is 12.6. The molecule has 10 heteroatoms. The molecule has 212 valence electrons. The topological polar surface area (TPSA) is 114 Å². The Bertz CT molecular complexity index is 1520. The Morgan fingerprint density at radius 1 is 1.10 bits per heavy atom. The van der Waals surface area contributed by atoms with Crippen LogP contribution < -0.4 is 14.2 Å². The maximum atomic E-state index is 11.7. The van der Waals surface area contributed by atoms with E-state index in [1.165, 1.54) is 18.9 Å². The van der Waals surface area contributed by atoms with Gasteiger partial charge in [0.25, 0.3) is 0 Å². The quantitative estimate of drug-likeness (QED) is 0.261. The van der Waals surface area contributed by atoms with Gasteiger partial charge in [-0.2, -0.15) is 9.97 Å². The average molecular weight is 567 g/mol. The van der Waals surface area contributed by atoms with Crippen molar-refractivity contribution in [2.24, 2.45) is 0 Å². The van der Waals surface area contributed by atoms with E-state index in [0.29, 0.717) is 37.8 Å². The van der Waals surface area contributed by atoms with E-state index < -0.39 is 9.84 Å². The molecule has 0 amide bonds. The molecule has 0 fully saturated rings. The molecule has 0 unspecified atom stereocenters. The number of fused-ring (bicyclic) bond motifs is 4. The lowest BCUT2D eigenvalue weighted by Gasteiger charge is -2.15. The highest BCUT2D eigenvalue weighted by Crippen LogP contribution is 2.39. The molecule has 1 aliphatic carbocycles. The molecule has 0 spiro atoms. The van der Waals surface area contributed by atoms with Crippen LogP contribution in [-0.4, -0.2) is 56.7 Å². The molecule has 2 heterocycles. The van der Waals surface area contributed by atoms with E-state index in [2.05, 4.69) is 23.2 Å². The van der Waals surface area contributed by atoms with Crippen LogP contribution in [-0.2, 0) is 38.8 Å². The summed E-state index contributed by atoms with van der Waals surface area (Å²) in [7, 11) is -1.64. The van der Waals surface area contributed by atoms with Gasteiger partial charge >= 0.3 is 12.0 Å². The van der Waals surface area contributed by atoms with Crippen LogP contribution in [0.1, 0.15) is 53.3 Å². The lowest BCUT2D eigenvalue weighted by molar-refractivity contribution is -0.141. The van der Waals surface area contributed by atoms with Gasteiger partial charge in [0.2, 0.25) is 0 Å². The number of nitrogens with zero attached hydrogens (tertiary/aromatic N) is 2. The van der Waals surface area contributed by atoms with Crippen LogP contribution in [0.5, 0.6) is 17.5 Å². The fourth-order valence-electron chi connectivity index (χ4n) is 5.26. The molecule has 1 aliphatic heterocycles. The van der Waals surface area contributed by atoms with Gasteiger partial charge in [0.15, 0.2) is 0 Å². The minimum absolute atomic E-state index is 0.00925. The van der Waals surface area contributed by atoms with Crippen LogP contribution in [0.25, 0.3) is 11.1 Å². The van der Waals surface area contributed by atoms with Gasteiger partial charge in [-0.05, 0) is 61.4 Å². The smallest absolute Gasteiger partial charge is 0.316 e. The molecule has 3 aromatic rings. The Labute approximate surface area is 234 Å². The first-order valence-electron chi connectivity index (χ1n) is 13.5. The van der Waals surface area contributed by atoms with Gasteiger partial charge in [0, 0.05) is 29.4 Å². The van der Waals surface area contributed by atoms with E-state index in [1.54, 1.807) is 0 Å². The fourth-order valence-corrected chi connectivity index (χ4v) is 5.90. The highest BCUT2D eigenvalue weighted by Gasteiger charge is 2.27. The SMILES string of the molecule is COC(=O)C[C@@H]1COc2cc(OCc3ccc4c(c3)-c3c(C)nc(OCCCS(C)(=O)=O)nc3CCC4)ccc21. The largest absolute Gasteiger partial charge is 0.492 e. The summed E-state index contributed by atoms with van der Waals surface area (Å²) in [6.45, 7) is 3.05. The van der Waals surface area contributed by atoms with E-state index in [1.807, 2.05) is 25.1 Å². The number of carbonyl (C=O) groups excluding carboxylic acids is 1. The molecule has 0 radical (unpaired) electrons. The van der Waals surface area contributed by atoms with E-state index in [4.69, 9.17) is 23.9 Å². The van der Waals surface area contributed by atoms with Gasteiger partial charge in [-0.1, -0.05) is 18.2 Å². The van der Waals surface area contributed by atoms with Crippen LogP contribution >= 0.6 is 0 Å². The van der Waals surface area contributed by atoms with Crippen LogP contribution in [0.15, 0.2) is 36.4 Å². The summed E-state index contributed by atoms with van der Waals surface area (Å²) >= 11 is 0. The zero-order chi connectivity index (χ0) is 28.3. The summed E-state index contributed by atoms with van der Waals surface area (Å²) in [5.41, 5.74) is 7.18. The molecular weight excluding hydrogens is 532 g/mol. The second-order valence-electron chi connectivity index (χ2n) is 10.4. The molecule has 1 aromatic heterocycles. The van der Waals surface area contributed by atoms with E-state index in [0.717, 1.165) is 58.7 Å². The maximum Gasteiger partial charge on any atom is 0.316 e. The predicted molar refractivity (Wildman–Crippen MR) is 150 cm³/mol. The van der Waals surface area contributed by atoms with Crippen LogP contribution in [0.2, 0.25) is 0 Å². The molecule has 1 atom stereocenters. The molecule has 5 rings (SSSR count).